The smallest absolute Gasteiger partial charge is 0.329 e. The number of nitrogens with zero attached hydrogens (tertiary/aromatic N) is 1. The van der Waals surface area contributed by atoms with Gasteiger partial charge in [-0.15, -0.1) is 11.3 Å². The number of aromatic nitrogens is 1. The molecule has 0 aliphatic carbocycles. The molecule has 116 valence electrons. The summed E-state index contributed by atoms with van der Waals surface area (Å²) < 4.78 is 5.00. The lowest BCUT2D eigenvalue weighted by Gasteiger charge is -2.33. The number of carboxylic acid groups (broad SMARTS) is 1. The first-order valence-corrected chi connectivity index (χ1v) is 8.54. The molecular weight excluding hydrogens is 312 g/mol. The lowest BCUT2D eigenvalue weighted by Crippen LogP contribution is -2.56. The Morgan fingerprint density at radius 2 is 2.10 bits per heavy atom. The zero-order valence-corrected chi connectivity index (χ0v) is 13.6. The second-order valence-corrected chi connectivity index (χ2v) is 7.22. The van der Waals surface area contributed by atoms with Gasteiger partial charge in [0.05, 0.1) is 12.3 Å². The highest BCUT2D eigenvalue weighted by Gasteiger charge is 2.41. The standard InChI is InChI=1S/C13H18N2O4S2/c1-8-10(21-9(14-8)7-19-2)11(16)15-13(12(17)18)3-5-20-6-4-13/h3-7H2,1-2H3,(H,15,16)(H,17,18). The number of hydrogen-bond acceptors (Lipinski definition) is 6. The molecule has 2 N–H and O–H groups in total. The molecule has 2 heterocycles. The Balaban J connectivity index is 2.17. The highest BCUT2D eigenvalue weighted by molar-refractivity contribution is 7.99. The van der Waals surface area contributed by atoms with Gasteiger partial charge in [0.2, 0.25) is 0 Å². The van der Waals surface area contributed by atoms with Crippen molar-refractivity contribution in [1.29, 1.82) is 0 Å². The predicted molar refractivity (Wildman–Crippen MR) is 82.0 cm³/mol. The number of carbonyl (C=O) groups excluding carboxylic acids is 1. The average Bonchev–Trinajstić information content (AvgIpc) is 2.81. The molecule has 1 aromatic heterocycles. The molecule has 1 amide bonds. The molecule has 1 aliphatic rings. The SMILES string of the molecule is COCc1nc(C)c(C(=O)NC2(C(=O)O)CCSCC2)s1. The van der Waals surface area contributed by atoms with Crippen LogP contribution < -0.4 is 5.32 Å². The molecule has 2 rings (SSSR count). The molecule has 0 atom stereocenters. The number of carbonyl (C=O) groups is 2. The van der Waals surface area contributed by atoms with Gasteiger partial charge in [0.25, 0.3) is 5.91 Å². The van der Waals surface area contributed by atoms with Gasteiger partial charge < -0.3 is 15.2 Å². The minimum Gasteiger partial charge on any atom is -0.480 e. The lowest BCUT2D eigenvalue weighted by molar-refractivity contribution is -0.144. The van der Waals surface area contributed by atoms with Crippen LogP contribution in [0.1, 0.15) is 33.2 Å². The summed E-state index contributed by atoms with van der Waals surface area (Å²) in [5.74, 6) is 0.156. The third-order valence-electron chi connectivity index (χ3n) is 3.42. The molecule has 0 bridgehead atoms. The maximum absolute atomic E-state index is 12.4. The van der Waals surface area contributed by atoms with Crippen LogP contribution in [0.25, 0.3) is 0 Å². The van der Waals surface area contributed by atoms with E-state index in [0.29, 0.717) is 35.0 Å². The Bertz CT molecular complexity index is 538. The molecule has 0 spiro atoms. The summed E-state index contributed by atoms with van der Waals surface area (Å²) >= 11 is 2.96. The zero-order chi connectivity index (χ0) is 15.5. The number of rotatable bonds is 5. The first-order valence-electron chi connectivity index (χ1n) is 6.57. The third-order valence-corrected chi connectivity index (χ3v) is 5.54. The highest BCUT2D eigenvalue weighted by atomic mass is 32.2. The Kier molecular flexibility index (Phi) is 5.23. The summed E-state index contributed by atoms with van der Waals surface area (Å²) in [4.78, 5) is 28.7. The molecule has 1 aliphatic heterocycles. The van der Waals surface area contributed by atoms with Gasteiger partial charge in [0.1, 0.15) is 15.4 Å². The largest absolute Gasteiger partial charge is 0.480 e. The van der Waals surface area contributed by atoms with E-state index in [9.17, 15) is 14.7 Å². The van der Waals surface area contributed by atoms with Crippen LogP contribution in [-0.2, 0) is 16.1 Å². The summed E-state index contributed by atoms with van der Waals surface area (Å²) in [6.07, 6.45) is 0.892. The van der Waals surface area contributed by atoms with Crippen LogP contribution in [0.15, 0.2) is 0 Å². The topological polar surface area (TPSA) is 88.5 Å². The maximum Gasteiger partial charge on any atom is 0.329 e. The van der Waals surface area contributed by atoms with Crippen molar-refractivity contribution >= 4 is 35.0 Å². The van der Waals surface area contributed by atoms with Crippen molar-refractivity contribution in [2.24, 2.45) is 0 Å². The quantitative estimate of drug-likeness (QED) is 0.854. The van der Waals surface area contributed by atoms with Crippen molar-refractivity contribution < 1.29 is 19.4 Å². The van der Waals surface area contributed by atoms with Crippen molar-refractivity contribution in [3.63, 3.8) is 0 Å². The first-order chi connectivity index (χ1) is 9.98. The van der Waals surface area contributed by atoms with Crippen LogP contribution in [-0.4, -0.2) is 46.1 Å². The van der Waals surface area contributed by atoms with Crippen LogP contribution >= 0.6 is 23.1 Å². The van der Waals surface area contributed by atoms with Crippen LogP contribution in [0.3, 0.4) is 0 Å². The molecule has 0 saturated carbocycles. The molecule has 0 unspecified atom stereocenters. The van der Waals surface area contributed by atoms with Gasteiger partial charge in [-0.2, -0.15) is 11.8 Å². The fourth-order valence-corrected chi connectivity index (χ4v) is 4.36. The van der Waals surface area contributed by atoms with Crippen molar-refractivity contribution in [2.75, 3.05) is 18.6 Å². The molecule has 1 saturated heterocycles. The Morgan fingerprint density at radius 1 is 1.43 bits per heavy atom. The van der Waals surface area contributed by atoms with Crippen molar-refractivity contribution in [3.05, 3.63) is 15.6 Å². The van der Waals surface area contributed by atoms with Crippen LogP contribution in [0.2, 0.25) is 0 Å². The number of aliphatic carboxylic acids is 1. The Labute approximate surface area is 131 Å². The number of thioether (sulfide) groups is 1. The molecule has 21 heavy (non-hydrogen) atoms. The molecule has 1 fully saturated rings. The summed E-state index contributed by atoms with van der Waals surface area (Å²) in [6, 6.07) is 0. The first kappa shape index (κ1) is 16.3. The van der Waals surface area contributed by atoms with E-state index in [1.165, 1.54) is 11.3 Å². The minimum atomic E-state index is -1.15. The fraction of sp³-hybridized carbons (Fsp3) is 0.615. The van der Waals surface area contributed by atoms with E-state index in [1.54, 1.807) is 25.8 Å². The van der Waals surface area contributed by atoms with Crippen LogP contribution in [0.4, 0.5) is 0 Å². The van der Waals surface area contributed by atoms with Gasteiger partial charge in [-0.05, 0) is 31.3 Å². The summed E-state index contributed by atoms with van der Waals surface area (Å²) in [5.41, 5.74) is -0.546. The number of methoxy groups -OCH3 is 1. The van der Waals surface area contributed by atoms with Crippen LogP contribution in [0.5, 0.6) is 0 Å². The number of amides is 1. The Morgan fingerprint density at radius 3 is 2.67 bits per heavy atom. The molecule has 0 radical (unpaired) electrons. The molecule has 0 aromatic carbocycles. The molecule has 1 aromatic rings. The van der Waals surface area contributed by atoms with Crippen LogP contribution in [0, 0.1) is 6.92 Å². The van der Waals surface area contributed by atoms with E-state index in [2.05, 4.69) is 10.3 Å². The number of hydrogen-bond donors (Lipinski definition) is 2. The molecule has 6 nitrogen and oxygen atoms in total. The number of carboxylic acids is 1. The predicted octanol–water partition coefficient (Wildman–Crippen LogP) is 1.68. The number of aryl methyl sites for hydroxylation is 1. The van der Waals surface area contributed by atoms with E-state index in [-0.39, 0.29) is 5.91 Å². The second kappa shape index (κ2) is 6.76. The normalized spacial score (nSPS) is 17.4. The third kappa shape index (κ3) is 3.56. The van der Waals surface area contributed by atoms with Gasteiger partial charge >= 0.3 is 5.97 Å². The van der Waals surface area contributed by atoms with Gasteiger partial charge in [-0.25, -0.2) is 9.78 Å². The lowest BCUT2D eigenvalue weighted by atomic mass is 9.92. The number of nitrogens with one attached hydrogen (secondary N) is 1. The minimum absolute atomic E-state index is 0.347. The van der Waals surface area contributed by atoms with E-state index in [0.717, 1.165) is 11.5 Å². The van der Waals surface area contributed by atoms with Crippen molar-refractivity contribution in [2.45, 2.75) is 31.9 Å². The van der Waals surface area contributed by atoms with E-state index >= 15 is 0 Å². The summed E-state index contributed by atoms with van der Waals surface area (Å²) in [5, 5.41) is 12.9. The van der Waals surface area contributed by atoms with E-state index < -0.39 is 11.5 Å². The second-order valence-electron chi connectivity index (χ2n) is 4.91. The number of thiazole rings is 1. The highest BCUT2D eigenvalue weighted by Crippen LogP contribution is 2.28. The maximum atomic E-state index is 12.4. The zero-order valence-electron chi connectivity index (χ0n) is 12.0. The molecular formula is C13H18N2O4S2. The van der Waals surface area contributed by atoms with Gasteiger partial charge in [0.15, 0.2) is 0 Å². The summed E-state index contributed by atoms with van der Waals surface area (Å²) in [6.45, 7) is 2.09. The van der Waals surface area contributed by atoms with E-state index in [4.69, 9.17) is 4.74 Å². The monoisotopic (exact) mass is 330 g/mol. The average molecular weight is 330 g/mol. The molecule has 8 heteroatoms. The Hall–Kier alpha value is -1.12. The van der Waals surface area contributed by atoms with E-state index in [1.807, 2.05) is 0 Å². The van der Waals surface area contributed by atoms with Crippen molar-refractivity contribution in [3.8, 4) is 0 Å². The van der Waals surface area contributed by atoms with Gasteiger partial charge in [-0.3, -0.25) is 4.79 Å². The van der Waals surface area contributed by atoms with Gasteiger partial charge in [-0.1, -0.05) is 0 Å². The fourth-order valence-electron chi connectivity index (χ4n) is 2.23. The van der Waals surface area contributed by atoms with Gasteiger partial charge in [0, 0.05) is 7.11 Å². The summed E-state index contributed by atoms with van der Waals surface area (Å²) in [7, 11) is 1.57. The van der Waals surface area contributed by atoms with Crippen molar-refractivity contribution in [1.82, 2.24) is 10.3 Å². The number of ether oxygens (including phenoxy) is 1.